The molecular formula is C11H10Cl2N2O2. The van der Waals surface area contributed by atoms with Gasteiger partial charge in [-0.1, -0.05) is 6.07 Å². The monoisotopic (exact) mass is 272 g/mol. The van der Waals surface area contributed by atoms with E-state index in [1.807, 2.05) is 6.07 Å². The van der Waals surface area contributed by atoms with Crippen molar-refractivity contribution < 1.29 is 9.90 Å². The zero-order chi connectivity index (χ0) is 10.7. The van der Waals surface area contributed by atoms with Gasteiger partial charge in [0.1, 0.15) is 0 Å². The van der Waals surface area contributed by atoms with Crippen LogP contribution < -0.4 is 0 Å². The molecule has 0 amide bonds. The van der Waals surface area contributed by atoms with Crippen molar-refractivity contribution in [3.63, 3.8) is 0 Å². The third-order valence-corrected chi connectivity index (χ3v) is 1.93. The molecule has 2 aromatic rings. The second-order valence-electron chi connectivity index (χ2n) is 2.95. The van der Waals surface area contributed by atoms with E-state index in [-0.39, 0.29) is 30.4 Å². The molecule has 0 fully saturated rings. The van der Waals surface area contributed by atoms with Gasteiger partial charge in [-0.05, 0) is 24.3 Å². The smallest absolute Gasteiger partial charge is 0.335 e. The zero-order valence-electron chi connectivity index (χ0n) is 8.61. The number of hydrogen-bond donors (Lipinski definition) is 1. The minimum Gasteiger partial charge on any atom is -0.478 e. The summed E-state index contributed by atoms with van der Waals surface area (Å²) in [5, 5.41) is 8.81. The molecule has 0 spiro atoms. The molecule has 0 unspecified atom stereocenters. The van der Waals surface area contributed by atoms with Crippen LogP contribution in [0.2, 0.25) is 0 Å². The van der Waals surface area contributed by atoms with Crippen LogP contribution in [-0.2, 0) is 0 Å². The van der Waals surface area contributed by atoms with E-state index in [1.165, 1.54) is 18.3 Å². The van der Waals surface area contributed by atoms with E-state index < -0.39 is 5.97 Å². The number of pyridine rings is 2. The maximum absolute atomic E-state index is 10.7. The molecule has 90 valence electrons. The summed E-state index contributed by atoms with van der Waals surface area (Å²) in [5.41, 5.74) is 1.45. The van der Waals surface area contributed by atoms with Gasteiger partial charge < -0.3 is 5.11 Å². The van der Waals surface area contributed by atoms with Gasteiger partial charge in [0.2, 0.25) is 0 Å². The van der Waals surface area contributed by atoms with Crippen molar-refractivity contribution >= 4 is 30.8 Å². The van der Waals surface area contributed by atoms with E-state index in [0.717, 1.165) is 0 Å². The highest BCUT2D eigenvalue weighted by Gasteiger charge is 2.05. The Morgan fingerprint density at radius 2 is 1.71 bits per heavy atom. The molecule has 17 heavy (non-hydrogen) atoms. The molecular weight excluding hydrogens is 263 g/mol. The maximum Gasteiger partial charge on any atom is 0.335 e. The first-order valence-electron chi connectivity index (χ1n) is 4.38. The molecule has 1 N–H and O–H groups in total. The SMILES string of the molecule is Cl.Cl.O=C(O)c1ccnc(-c2ccccn2)c1. The molecule has 0 aliphatic rings. The van der Waals surface area contributed by atoms with Crippen molar-refractivity contribution in [2.75, 3.05) is 0 Å². The maximum atomic E-state index is 10.7. The minimum atomic E-state index is -0.963. The summed E-state index contributed by atoms with van der Waals surface area (Å²) in [6.45, 7) is 0. The topological polar surface area (TPSA) is 63.1 Å². The number of carbonyl (C=O) groups is 1. The summed E-state index contributed by atoms with van der Waals surface area (Å²) >= 11 is 0. The molecule has 0 aromatic carbocycles. The molecule has 2 heterocycles. The van der Waals surface area contributed by atoms with Crippen LogP contribution in [0.15, 0.2) is 42.7 Å². The predicted molar refractivity (Wildman–Crippen MR) is 68.9 cm³/mol. The lowest BCUT2D eigenvalue weighted by Crippen LogP contribution is -1.97. The minimum absolute atomic E-state index is 0. The highest BCUT2D eigenvalue weighted by Crippen LogP contribution is 2.14. The fourth-order valence-electron chi connectivity index (χ4n) is 1.22. The average Bonchev–Trinajstić information content (AvgIpc) is 2.30. The first-order chi connectivity index (χ1) is 7.27. The first kappa shape index (κ1) is 15.3. The van der Waals surface area contributed by atoms with Crippen LogP contribution in [0.1, 0.15) is 10.4 Å². The number of hydrogen-bond acceptors (Lipinski definition) is 3. The summed E-state index contributed by atoms with van der Waals surface area (Å²) in [7, 11) is 0. The molecule has 4 nitrogen and oxygen atoms in total. The van der Waals surface area contributed by atoms with Crippen LogP contribution in [0, 0.1) is 0 Å². The summed E-state index contributed by atoms with van der Waals surface area (Å²) in [6.07, 6.45) is 3.11. The van der Waals surface area contributed by atoms with E-state index >= 15 is 0 Å². The highest BCUT2D eigenvalue weighted by molar-refractivity contribution is 5.88. The van der Waals surface area contributed by atoms with Gasteiger partial charge in [0.05, 0.1) is 17.0 Å². The summed E-state index contributed by atoms with van der Waals surface area (Å²) in [6, 6.07) is 8.37. The van der Waals surface area contributed by atoms with Crippen molar-refractivity contribution in [3.05, 3.63) is 48.3 Å². The molecule has 6 heteroatoms. The molecule has 0 atom stereocenters. The van der Waals surface area contributed by atoms with Crippen molar-refractivity contribution in [1.82, 2.24) is 9.97 Å². The van der Waals surface area contributed by atoms with Gasteiger partial charge in [-0.3, -0.25) is 9.97 Å². The average molecular weight is 273 g/mol. The van der Waals surface area contributed by atoms with Crippen molar-refractivity contribution in [2.24, 2.45) is 0 Å². The first-order valence-corrected chi connectivity index (χ1v) is 4.38. The lowest BCUT2D eigenvalue weighted by Gasteiger charge is -2.00. The van der Waals surface area contributed by atoms with E-state index in [1.54, 1.807) is 18.3 Å². The standard InChI is InChI=1S/C11H8N2O2.2ClH/c14-11(15)8-4-6-13-10(7-8)9-3-1-2-5-12-9;;/h1-7H,(H,14,15);2*1H. The number of carboxylic acid groups (broad SMARTS) is 1. The lowest BCUT2D eigenvalue weighted by molar-refractivity contribution is 0.0697. The number of rotatable bonds is 2. The van der Waals surface area contributed by atoms with E-state index in [2.05, 4.69) is 9.97 Å². The molecule has 0 radical (unpaired) electrons. The highest BCUT2D eigenvalue weighted by atomic mass is 35.5. The van der Waals surface area contributed by atoms with Gasteiger partial charge in [0.25, 0.3) is 0 Å². The Labute approximate surface area is 111 Å². The van der Waals surface area contributed by atoms with Crippen LogP contribution in [0.3, 0.4) is 0 Å². The Morgan fingerprint density at radius 1 is 1.00 bits per heavy atom. The largest absolute Gasteiger partial charge is 0.478 e. The Morgan fingerprint density at radius 3 is 2.29 bits per heavy atom. The molecule has 2 rings (SSSR count). The lowest BCUT2D eigenvalue weighted by atomic mass is 10.2. The normalized spacial score (nSPS) is 8.71. The van der Waals surface area contributed by atoms with Crippen LogP contribution in [-0.4, -0.2) is 21.0 Å². The van der Waals surface area contributed by atoms with Gasteiger partial charge in [-0.25, -0.2) is 4.79 Å². The van der Waals surface area contributed by atoms with E-state index in [9.17, 15) is 4.79 Å². The molecule has 0 aliphatic heterocycles. The van der Waals surface area contributed by atoms with Gasteiger partial charge in [0.15, 0.2) is 0 Å². The van der Waals surface area contributed by atoms with Crippen molar-refractivity contribution in [1.29, 1.82) is 0 Å². The number of nitrogens with zero attached hydrogens (tertiary/aromatic N) is 2. The summed E-state index contributed by atoms with van der Waals surface area (Å²) in [5.74, 6) is -0.963. The van der Waals surface area contributed by atoms with Crippen LogP contribution in [0.4, 0.5) is 0 Å². The number of aromatic nitrogens is 2. The summed E-state index contributed by atoms with van der Waals surface area (Å²) in [4.78, 5) is 18.9. The molecule has 0 saturated carbocycles. The fourth-order valence-corrected chi connectivity index (χ4v) is 1.22. The number of halogens is 2. The molecule has 0 aliphatic carbocycles. The van der Waals surface area contributed by atoms with E-state index in [4.69, 9.17) is 5.11 Å². The predicted octanol–water partition coefficient (Wildman–Crippen LogP) is 2.69. The number of carboxylic acids is 1. The van der Waals surface area contributed by atoms with Crippen LogP contribution in [0.25, 0.3) is 11.4 Å². The van der Waals surface area contributed by atoms with Gasteiger partial charge in [-0.2, -0.15) is 0 Å². The Balaban J connectivity index is 0.00000128. The Hall–Kier alpha value is -1.65. The number of aromatic carboxylic acids is 1. The van der Waals surface area contributed by atoms with Gasteiger partial charge in [-0.15, -0.1) is 24.8 Å². The van der Waals surface area contributed by atoms with Crippen LogP contribution >= 0.6 is 24.8 Å². The fraction of sp³-hybridized carbons (Fsp3) is 0. The van der Waals surface area contributed by atoms with E-state index in [0.29, 0.717) is 11.4 Å². The van der Waals surface area contributed by atoms with Crippen LogP contribution in [0.5, 0.6) is 0 Å². The van der Waals surface area contributed by atoms with Crippen molar-refractivity contribution in [3.8, 4) is 11.4 Å². The van der Waals surface area contributed by atoms with Gasteiger partial charge >= 0.3 is 5.97 Å². The Bertz CT molecular complexity index is 492. The Kier molecular flexibility index (Phi) is 6.17. The molecule has 0 saturated heterocycles. The third kappa shape index (κ3) is 3.69. The molecule has 2 aromatic heterocycles. The zero-order valence-corrected chi connectivity index (χ0v) is 10.2. The second kappa shape index (κ2) is 6.83. The van der Waals surface area contributed by atoms with Gasteiger partial charge in [0, 0.05) is 12.4 Å². The second-order valence-corrected chi connectivity index (χ2v) is 2.95. The van der Waals surface area contributed by atoms with Crippen molar-refractivity contribution in [2.45, 2.75) is 0 Å². The molecule has 0 bridgehead atoms. The quantitative estimate of drug-likeness (QED) is 0.913. The summed E-state index contributed by atoms with van der Waals surface area (Å²) < 4.78 is 0. The third-order valence-electron chi connectivity index (χ3n) is 1.93.